The van der Waals surface area contributed by atoms with E-state index in [2.05, 4.69) is 13.8 Å². The van der Waals surface area contributed by atoms with Crippen molar-refractivity contribution in [1.82, 2.24) is 0 Å². The second-order valence-corrected chi connectivity index (χ2v) is 6.98. The number of carbonyl (C=O) groups excluding carboxylic acids is 1. The van der Waals surface area contributed by atoms with E-state index in [1.54, 1.807) is 18.2 Å². The number of carboxylic acids is 1. The number of hydrogen-bond donors (Lipinski definition) is 1. The Morgan fingerprint density at radius 3 is 2.61 bits per heavy atom. The van der Waals surface area contributed by atoms with Gasteiger partial charge in [0, 0.05) is 17.7 Å². The fourth-order valence-electron chi connectivity index (χ4n) is 3.19. The third-order valence-electron chi connectivity index (χ3n) is 4.36. The van der Waals surface area contributed by atoms with Gasteiger partial charge in [0.2, 0.25) is 0 Å². The molecule has 6 nitrogen and oxygen atoms in total. The monoisotopic (exact) mass is 381 g/mol. The van der Waals surface area contributed by atoms with E-state index < -0.39 is 12.6 Å². The van der Waals surface area contributed by atoms with Gasteiger partial charge < -0.3 is 19.5 Å². The Morgan fingerprint density at radius 1 is 1.18 bits per heavy atom. The molecule has 0 atom stereocenters. The van der Waals surface area contributed by atoms with Crippen LogP contribution in [0.5, 0.6) is 11.5 Å². The number of ether oxygens (including phenoxy) is 2. The van der Waals surface area contributed by atoms with E-state index in [1.807, 2.05) is 35.2 Å². The van der Waals surface area contributed by atoms with Gasteiger partial charge in [-0.2, -0.15) is 0 Å². The van der Waals surface area contributed by atoms with Crippen molar-refractivity contribution in [2.45, 2.75) is 13.8 Å². The van der Waals surface area contributed by atoms with Gasteiger partial charge in [-0.15, -0.1) is 0 Å². The molecule has 1 N–H and O–H groups in total. The normalized spacial score (nSPS) is 14.5. The maximum Gasteiger partial charge on any atom is 0.341 e. The van der Waals surface area contributed by atoms with Gasteiger partial charge in [-0.25, -0.2) is 4.79 Å². The number of aliphatic carboxylic acids is 1. The molecule has 3 rings (SSSR count). The number of carboxylic acid groups (broad SMARTS) is 1. The zero-order valence-corrected chi connectivity index (χ0v) is 16.1. The average molecular weight is 381 g/mol. The number of amides is 1. The summed E-state index contributed by atoms with van der Waals surface area (Å²) in [5, 5.41) is 8.77. The van der Waals surface area contributed by atoms with Crippen LogP contribution in [0.1, 0.15) is 25.0 Å². The molecule has 0 fully saturated rings. The van der Waals surface area contributed by atoms with Crippen LogP contribution in [0.2, 0.25) is 0 Å². The van der Waals surface area contributed by atoms with Crippen LogP contribution in [0.3, 0.4) is 0 Å². The molecular formula is C22H23NO5. The molecule has 0 aliphatic carbocycles. The Balaban J connectivity index is 1.96. The lowest BCUT2D eigenvalue weighted by atomic mass is 10.0. The predicted octanol–water partition coefficient (Wildman–Crippen LogP) is 3.70. The van der Waals surface area contributed by atoms with Crippen molar-refractivity contribution in [2.75, 3.05) is 25.2 Å². The molecule has 0 unspecified atom stereocenters. The molecule has 0 radical (unpaired) electrons. The lowest BCUT2D eigenvalue weighted by Gasteiger charge is -2.19. The van der Waals surface area contributed by atoms with E-state index in [9.17, 15) is 9.59 Å². The minimum atomic E-state index is -1.06. The summed E-state index contributed by atoms with van der Waals surface area (Å²) in [5.41, 5.74) is 3.21. The molecular weight excluding hydrogens is 358 g/mol. The number of fused-ring (bicyclic) bond motifs is 1. The largest absolute Gasteiger partial charge is 0.493 e. The van der Waals surface area contributed by atoms with Crippen molar-refractivity contribution in [3.05, 3.63) is 53.6 Å². The van der Waals surface area contributed by atoms with Crippen LogP contribution in [-0.4, -0.2) is 37.2 Å². The fraction of sp³-hybridized carbons (Fsp3) is 0.273. The van der Waals surface area contributed by atoms with E-state index in [1.165, 1.54) is 7.11 Å². The predicted molar refractivity (Wildman–Crippen MR) is 108 cm³/mol. The molecule has 1 amide bonds. The molecule has 146 valence electrons. The molecule has 0 aromatic heterocycles. The molecule has 0 bridgehead atoms. The first kappa shape index (κ1) is 19.5. The number of para-hydroxylation sites is 1. The Morgan fingerprint density at radius 2 is 1.93 bits per heavy atom. The van der Waals surface area contributed by atoms with Crippen LogP contribution in [0.4, 0.5) is 5.69 Å². The summed E-state index contributed by atoms with van der Waals surface area (Å²) >= 11 is 0. The minimum absolute atomic E-state index is 0.0277. The molecule has 1 aliphatic rings. The number of rotatable bonds is 7. The highest BCUT2D eigenvalue weighted by Gasteiger charge is 2.32. The summed E-state index contributed by atoms with van der Waals surface area (Å²) < 4.78 is 10.5. The zero-order valence-electron chi connectivity index (χ0n) is 16.1. The quantitative estimate of drug-likeness (QED) is 0.740. The topological polar surface area (TPSA) is 76.1 Å². The van der Waals surface area contributed by atoms with Crippen molar-refractivity contribution in [3.63, 3.8) is 0 Å². The standard InChI is InChI=1S/C22H23NO5/c1-14(2)12-23-18-7-5-4-6-16(18)17(22(23)26)10-15-8-9-19(20(11-15)27-3)28-13-21(24)25/h4-11,14H,12-13H2,1-3H3,(H,24,25)/b17-10-. The maximum atomic E-state index is 13.0. The first-order chi connectivity index (χ1) is 13.4. The Labute approximate surface area is 164 Å². The molecule has 2 aromatic carbocycles. The summed E-state index contributed by atoms with van der Waals surface area (Å²) in [6.45, 7) is 4.36. The highest BCUT2D eigenvalue weighted by atomic mass is 16.5. The maximum absolute atomic E-state index is 13.0. The molecule has 0 saturated carbocycles. The average Bonchev–Trinajstić information content (AvgIpc) is 2.92. The van der Waals surface area contributed by atoms with E-state index in [4.69, 9.17) is 14.6 Å². The van der Waals surface area contributed by atoms with E-state index in [0.717, 1.165) is 16.8 Å². The molecule has 28 heavy (non-hydrogen) atoms. The summed E-state index contributed by atoms with van der Waals surface area (Å²) in [6, 6.07) is 12.9. The summed E-state index contributed by atoms with van der Waals surface area (Å²) in [7, 11) is 1.49. The van der Waals surface area contributed by atoms with Crippen LogP contribution < -0.4 is 14.4 Å². The highest BCUT2D eigenvalue weighted by molar-refractivity contribution is 6.35. The van der Waals surface area contributed by atoms with Gasteiger partial charge in [0.05, 0.1) is 12.8 Å². The molecule has 0 saturated heterocycles. The fourth-order valence-corrected chi connectivity index (χ4v) is 3.19. The van der Waals surface area contributed by atoms with Crippen molar-refractivity contribution >= 4 is 29.2 Å². The van der Waals surface area contributed by atoms with E-state index >= 15 is 0 Å². The van der Waals surface area contributed by atoms with Gasteiger partial charge in [-0.05, 0) is 35.8 Å². The minimum Gasteiger partial charge on any atom is -0.493 e. The second kappa shape index (κ2) is 8.17. The summed E-state index contributed by atoms with van der Waals surface area (Å²) in [6.07, 6.45) is 1.82. The Kier molecular flexibility index (Phi) is 5.68. The first-order valence-corrected chi connectivity index (χ1v) is 9.06. The van der Waals surface area contributed by atoms with Crippen LogP contribution in [0, 0.1) is 5.92 Å². The zero-order chi connectivity index (χ0) is 20.3. The number of hydrogen-bond acceptors (Lipinski definition) is 4. The number of nitrogens with zero attached hydrogens (tertiary/aromatic N) is 1. The third-order valence-corrected chi connectivity index (χ3v) is 4.36. The van der Waals surface area contributed by atoms with Gasteiger partial charge in [0.15, 0.2) is 18.1 Å². The smallest absolute Gasteiger partial charge is 0.341 e. The number of methoxy groups -OCH3 is 1. The molecule has 6 heteroatoms. The Hall–Kier alpha value is -3.28. The highest BCUT2D eigenvalue weighted by Crippen LogP contribution is 2.38. The van der Waals surface area contributed by atoms with Crippen LogP contribution >= 0.6 is 0 Å². The van der Waals surface area contributed by atoms with Crippen molar-refractivity contribution in [2.24, 2.45) is 5.92 Å². The number of benzene rings is 2. The first-order valence-electron chi connectivity index (χ1n) is 9.06. The van der Waals surface area contributed by atoms with Crippen LogP contribution in [-0.2, 0) is 9.59 Å². The van der Waals surface area contributed by atoms with E-state index in [0.29, 0.717) is 29.5 Å². The van der Waals surface area contributed by atoms with Gasteiger partial charge in [0.1, 0.15) is 0 Å². The van der Waals surface area contributed by atoms with Gasteiger partial charge >= 0.3 is 5.97 Å². The van der Waals surface area contributed by atoms with Crippen LogP contribution in [0.15, 0.2) is 42.5 Å². The number of anilines is 1. The van der Waals surface area contributed by atoms with Gasteiger partial charge in [0.25, 0.3) is 5.91 Å². The SMILES string of the molecule is COc1cc(/C=C2\C(=O)N(CC(C)C)c3ccccc32)ccc1OCC(=O)O. The molecule has 1 heterocycles. The molecule has 1 aliphatic heterocycles. The van der Waals surface area contributed by atoms with Crippen molar-refractivity contribution < 1.29 is 24.2 Å². The third kappa shape index (κ3) is 4.01. The van der Waals surface area contributed by atoms with Crippen molar-refractivity contribution in [3.8, 4) is 11.5 Å². The van der Waals surface area contributed by atoms with E-state index in [-0.39, 0.29) is 5.91 Å². The summed E-state index contributed by atoms with van der Waals surface area (Å²) in [4.78, 5) is 25.6. The Bertz CT molecular complexity index is 932. The lowest BCUT2D eigenvalue weighted by Crippen LogP contribution is -2.30. The van der Waals surface area contributed by atoms with Gasteiger partial charge in [-0.1, -0.05) is 38.1 Å². The number of carbonyl (C=O) groups is 2. The molecule has 0 spiro atoms. The second-order valence-electron chi connectivity index (χ2n) is 6.98. The van der Waals surface area contributed by atoms with Crippen molar-refractivity contribution in [1.29, 1.82) is 0 Å². The molecule has 2 aromatic rings. The summed E-state index contributed by atoms with van der Waals surface area (Å²) in [5.74, 6) is 0.00818. The van der Waals surface area contributed by atoms with Gasteiger partial charge in [-0.3, -0.25) is 4.79 Å². The van der Waals surface area contributed by atoms with Crippen LogP contribution in [0.25, 0.3) is 11.6 Å². The lowest BCUT2D eigenvalue weighted by molar-refractivity contribution is -0.139.